The fraction of sp³-hybridized carbons (Fsp3) is 1.00. The summed E-state index contributed by atoms with van der Waals surface area (Å²) in [5.41, 5.74) is 0. The van der Waals surface area contributed by atoms with Crippen LogP contribution in [-0.2, 0) is 0 Å². The van der Waals surface area contributed by atoms with Gasteiger partial charge in [0.15, 0.2) is 0 Å². The summed E-state index contributed by atoms with van der Waals surface area (Å²) in [6.45, 7) is 2.17. The SMILES string of the molecule is CCC[CH2][Sn]([SH])([SH])[SH]. The maximum absolute atomic E-state index is 4.33. The zero-order chi connectivity index (χ0) is 6.62. The Morgan fingerprint density at radius 3 is 1.88 bits per heavy atom. The summed E-state index contributed by atoms with van der Waals surface area (Å²) in [6, 6.07) is 0. The third kappa shape index (κ3) is 7.85. The van der Waals surface area contributed by atoms with Crippen LogP contribution in [0, 0.1) is 0 Å². The van der Waals surface area contributed by atoms with Crippen molar-refractivity contribution in [3.05, 3.63) is 0 Å². The van der Waals surface area contributed by atoms with Crippen LogP contribution in [0.1, 0.15) is 19.8 Å². The molecule has 0 aromatic heterocycles. The second kappa shape index (κ2) is 4.63. The van der Waals surface area contributed by atoms with E-state index < -0.39 is 14.2 Å². The number of thiol groups is 3. The molecule has 50 valence electrons. The van der Waals surface area contributed by atoms with Crippen molar-refractivity contribution in [2.75, 3.05) is 0 Å². The van der Waals surface area contributed by atoms with Gasteiger partial charge in [-0.1, -0.05) is 0 Å². The van der Waals surface area contributed by atoms with Gasteiger partial charge in [-0.25, -0.2) is 0 Å². The average molecular weight is 275 g/mol. The first kappa shape index (κ1) is 9.85. The van der Waals surface area contributed by atoms with Crippen LogP contribution >= 0.6 is 29.4 Å². The summed E-state index contributed by atoms with van der Waals surface area (Å²) in [5, 5.41) is 0. The molecule has 0 aromatic carbocycles. The molecule has 0 aliphatic carbocycles. The maximum atomic E-state index is 4.33. The van der Waals surface area contributed by atoms with Crippen LogP contribution < -0.4 is 0 Å². The first-order chi connectivity index (χ1) is 3.56. The van der Waals surface area contributed by atoms with Gasteiger partial charge in [-0.15, -0.1) is 0 Å². The first-order valence-electron chi connectivity index (χ1n) is 2.73. The van der Waals surface area contributed by atoms with E-state index in [1.54, 1.807) is 0 Å². The summed E-state index contributed by atoms with van der Waals surface area (Å²) in [4.78, 5) is 0. The molecule has 0 radical (unpaired) electrons. The van der Waals surface area contributed by atoms with Crippen molar-refractivity contribution in [1.29, 1.82) is 0 Å². The minimum absolute atomic E-state index is 1.17. The molecule has 0 spiro atoms. The van der Waals surface area contributed by atoms with E-state index in [1.165, 1.54) is 17.3 Å². The summed E-state index contributed by atoms with van der Waals surface area (Å²) < 4.78 is 1.17. The van der Waals surface area contributed by atoms with Crippen LogP contribution in [-0.4, -0.2) is 14.2 Å². The van der Waals surface area contributed by atoms with Crippen LogP contribution in [0.3, 0.4) is 0 Å². The van der Waals surface area contributed by atoms with Gasteiger partial charge >= 0.3 is 67.9 Å². The summed E-state index contributed by atoms with van der Waals surface area (Å²) in [5.74, 6) is 0. The summed E-state index contributed by atoms with van der Waals surface area (Å²) >= 11 is -2.22. The standard InChI is InChI=1S/C4H9.3H2S.Sn/c1-3-4-2;;;;/h1,3-4H2,2H3;3*1H2;/q;;;;+3/p-3. The normalized spacial score (nSPS) is 12.0. The Kier molecular flexibility index (Phi) is 5.70. The molecule has 0 heterocycles. The van der Waals surface area contributed by atoms with Crippen molar-refractivity contribution in [3.8, 4) is 0 Å². The molecule has 0 amide bonds. The van der Waals surface area contributed by atoms with Crippen LogP contribution in [0.5, 0.6) is 0 Å². The molecule has 0 bridgehead atoms. The van der Waals surface area contributed by atoms with Gasteiger partial charge in [-0.2, -0.15) is 0 Å². The van der Waals surface area contributed by atoms with Gasteiger partial charge in [0.2, 0.25) is 0 Å². The van der Waals surface area contributed by atoms with Gasteiger partial charge in [-0.05, 0) is 0 Å². The molecule has 0 aliphatic heterocycles. The van der Waals surface area contributed by atoms with Crippen molar-refractivity contribution in [3.63, 3.8) is 0 Å². The Labute approximate surface area is 67.3 Å². The second-order valence-electron chi connectivity index (χ2n) is 1.88. The Hall–Kier alpha value is 1.85. The van der Waals surface area contributed by atoms with E-state index in [0.717, 1.165) is 0 Å². The van der Waals surface area contributed by atoms with Gasteiger partial charge in [-0.3, -0.25) is 0 Å². The second-order valence-corrected chi connectivity index (χ2v) is 30.2. The van der Waals surface area contributed by atoms with E-state index in [9.17, 15) is 0 Å². The Balaban J connectivity index is 3.11. The zero-order valence-electron chi connectivity index (χ0n) is 4.96. The molecule has 4 heteroatoms. The van der Waals surface area contributed by atoms with Gasteiger partial charge in [0.1, 0.15) is 0 Å². The van der Waals surface area contributed by atoms with E-state index >= 15 is 0 Å². The van der Waals surface area contributed by atoms with E-state index in [-0.39, 0.29) is 0 Å². The molecule has 0 N–H and O–H groups in total. The molecule has 8 heavy (non-hydrogen) atoms. The Bertz CT molecular complexity index is 58.8. The Morgan fingerprint density at radius 2 is 1.75 bits per heavy atom. The molecule has 0 fully saturated rings. The van der Waals surface area contributed by atoms with Crippen molar-refractivity contribution in [2.45, 2.75) is 24.2 Å². The van der Waals surface area contributed by atoms with E-state index in [4.69, 9.17) is 0 Å². The third-order valence-electron chi connectivity index (χ3n) is 0.866. The molecule has 0 atom stereocenters. The topological polar surface area (TPSA) is 0 Å². The first-order valence-corrected chi connectivity index (χ1v) is 17.6. The predicted octanol–water partition coefficient (Wildman–Crippen LogP) is 2.51. The van der Waals surface area contributed by atoms with Gasteiger partial charge < -0.3 is 0 Å². The molecule has 0 unspecified atom stereocenters. The minimum atomic E-state index is -2.22. The quantitative estimate of drug-likeness (QED) is 0.511. The number of rotatable bonds is 3. The monoisotopic (exact) mass is 276 g/mol. The van der Waals surface area contributed by atoms with Crippen LogP contribution in [0.25, 0.3) is 0 Å². The molecular formula is C4H12S3Sn. The van der Waals surface area contributed by atoms with Crippen LogP contribution in [0.2, 0.25) is 4.44 Å². The average Bonchev–Trinajstić information content (AvgIpc) is 1.59. The van der Waals surface area contributed by atoms with Gasteiger partial charge in [0.05, 0.1) is 0 Å². The predicted molar refractivity (Wildman–Crippen MR) is 52.4 cm³/mol. The molecule has 0 aromatic rings. The van der Waals surface area contributed by atoms with Crippen molar-refractivity contribution in [1.82, 2.24) is 0 Å². The Morgan fingerprint density at radius 1 is 1.25 bits per heavy atom. The molecule has 0 rings (SSSR count). The summed E-state index contributed by atoms with van der Waals surface area (Å²) in [6.07, 6.45) is 2.48. The van der Waals surface area contributed by atoms with Crippen molar-refractivity contribution >= 4 is 43.7 Å². The van der Waals surface area contributed by atoms with Gasteiger partial charge in [0, 0.05) is 0 Å². The zero-order valence-corrected chi connectivity index (χ0v) is 10.5. The summed E-state index contributed by atoms with van der Waals surface area (Å²) in [7, 11) is 13.0. The molecule has 0 aliphatic rings. The van der Waals surface area contributed by atoms with E-state index in [1.807, 2.05) is 0 Å². The number of unbranched alkanes of at least 4 members (excludes halogenated alkanes) is 1. The molecular weight excluding hydrogens is 263 g/mol. The molecule has 0 saturated heterocycles. The molecule has 0 saturated carbocycles. The van der Waals surface area contributed by atoms with Crippen LogP contribution in [0.4, 0.5) is 0 Å². The van der Waals surface area contributed by atoms with E-state index in [2.05, 4.69) is 36.4 Å². The van der Waals surface area contributed by atoms with E-state index in [0.29, 0.717) is 0 Å². The molecule has 0 nitrogen and oxygen atoms in total. The fourth-order valence-electron chi connectivity index (χ4n) is 0.414. The number of hydrogen-bond donors (Lipinski definition) is 3. The van der Waals surface area contributed by atoms with Gasteiger partial charge in [0.25, 0.3) is 0 Å². The van der Waals surface area contributed by atoms with Crippen molar-refractivity contribution in [2.24, 2.45) is 0 Å². The third-order valence-corrected chi connectivity index (χ3v) is 8.29. The fourth-order valence-corrected chi connectivity index (χ4v) is 5.96. The number of hydrogen-bond acceptors (Lipinski definition) is 3. The van der Waals surface area contributed by atoms with Crippen LogP contribution in [0.15, 0.2) is 0 Å². The van der Waals surface area contributed by atoms with Crippen molar-refractivity contribution < 1.29 is 0 Å².